The van der Waals surface area contributed by atoms with Crippen LogP contribution in [0.4, 0.5) is 0 Å². The quantitative estimate of drug-likeness (QED) is 0.709. The van der Waals surface area contributed by atoms with Crippen LogP contribution in [0.2, 0.25) is 0 Å². The maximum Gasteiger partial charge on any atom is 0.0133 e. The Kier molecular flexibility index (Phi) is 6.69. The molecule has 90 valence electrons. The molecule has 0 bridgehead atoms. The Hall–Kier alpha value is 0.270. The molecular weight excluding hydrogens is 204 g/mol. The van der Waals surface area contributed by atoms with Crippen molar-refractivity contribution >= 4 is 11.8 Å². The van der Waals surface area contributed by atoms with E-state index in [-0.39, 0.29) is 0 Å². The van der Waals surface area contributed by atoms with Crippen molar-refractivity contribution < 1.29 is 0 Å². The summed E-state index contributed by atoms with van der Waals surface area (Å²) in [4.78, 5) is 2.54. The Morgan fingerprint density at radius 3 is 2.73 bits per heavy atom. The molecule has 1 aliphatic carbocycles. The van der Waals surface area contributed by atoms with Gasteiger partial charge in [-0.1, -0.05) is 19.8 Å². The van der Waals surface area contributed by atoms with Crippen molar-refractivity contribution in [2.24, 2.45) is 11.7 Å². The molecule has 0 aromatic carbocycles. The van der Waals surface area contributed by atoms with Gasteiger partial charge in [0.25, 0.3) is 0 Å². The highest BCUT2D eigenvalue weighted by Gasteiger charge is 2.26. The summed E-state index contributed by atoms with van der Waals surface area (Å²) in [6.45, 7) is 4.32. The lowest BCUT2D eigenvalue weighted by atomic mass is 9.84. The van der Waals surface area contributed by atoms with E-state index in [0.717, 1.165) is 18.5 Å². The van der Waals surface area contributed by atoms with E-state index in [1.54, 1.807) is 0 Å². The molecule has 1 fully saturated rings. The molecule has 0 heterocycles. The highest BCUT2D eigenvalue weighted by Crippen LogP contribution is 2.27. The minimum Gasteiger partial charge on any atom is -0.330 e. The summed E-state index contributed by atoms with van der Waals surface area (Å²) in [5.41, 5.74) is 5.85. The van der Waals surface area contributed by atoms with Gasteiger partial charge in [-0.25, -0.2) is 0 Å². The summed E-state index contributed by atoms with van der Waals surface area (Å²) >= 11 is 2.04. The first kappa shape index (κ1) is 13.3. The highest BCUT2D eigenvalue weighted by atomic mass is 32.2. The Balaban J connectivity index is 2.31. The van der Waals surface area contributed by atoms with Crippen LogP contribution in [0.1, 0.15) is 32.6 Å². The molecule has 3 heteroatoms. The molecule has 0 radical (unpaired) electrons. The van der Waals surface area contributed by atoms with Gasteiger partial charge in [-0.2, -0.15) is 11.8 Å². The van der Waals surface area contributed by atoms with E-state index >= 15 is 0 Å². The summed E-state index contributed by atoms with van der Waals surface area (Å²) in [5.74, 6) is 3.25. The van der Waals surface area contributed by atoms with Gasteiger partial charge in [-0.3, -0.25) is 0 Å². The number of rotatable bonds is 6. The second kappa shape index (κ2) is 7.53. The monoisotopic (exact) mass is 230 g/mol. The molecule has 0 amide bonds. The van der Waals surface area contributed by atoms with Crippen LogP contribution in [-0.4, -0.2) is 42.6 Å². The van der Waals surface area contributed by atoms with Crippen LogP contribution >= 0.6 is 11.8 Å². The molecule has 1 rings (SSSR count). The van der Waals surface area contributed by atoms with Crippen LogP contribution in [0.25, 0.3) is 0 Å². The molecule has 2 N–H and O–H groups in total. The van der Waals surface area contributed by atoms with Crippen molar-refractivity contribution in [2.75, 3.05) is 31.6 Å². The van der Waals surface area contributed by atoms with Crippen LogP contribution in [0.3, 0.4) is 0 Å². The molecule has 0 aromatic heterocycles. The zero-order valence-corrected chi connectivity index (χ0v) is 11.1. The smallest absolute Gasteiger partial charge is 0.0133 e. The Morgan fingerprint density at radius 2 is 2.07 bits per heavy atom. The van der Waals surface area contributed by atoms with Crippen molar-refractivity contribution in [1.82, 2.24) is 4.90 Å². The summed E-state index contributed by atoms with van der Waals surface area (Å²) in [6, 6.07) is 0.751. The van der Waals surface area contributed by atoms with Gasteiger partial charge in [0.1, 0.15) is 0 Å². The van der Waals surface area contributed by atoms with Gasteiger partial charge in [-0.05, 0) is 38.1 Å². The third-order valence-corrected chi connectivity index (χ3v) is 4.41. The van der Waals surface area contributed by atoms with Gasteiger partial charge in [0.2, 0.25) is 0 Å². The van der Waals surface area contributed by atoms with E-state index in [9.17, 15) is 0 Å². The Bertz CT molecular complexity index is 164. The topological polar surface area (TPSA) is 29.3 Å². The van der Waals surface area contributed by atoms with Crippen LogP contribution < -0.4 is 5.73 Å². The van der Waals surface area contributed by atoms with Crippen LogP contribution in [0, 0.1) is 5.92 Å². The van der Waals surface area contributed by atoms with E-state index in [1.165, 1.54) is 43.7 Å². The predicted octanol–water partition coefficient (Wildman–Crippen LogP) is 2.19. The lowest BCUT2D eigenvalue weighted by Crippen LogP contribution is -2.43. The molecular formula is C12H26N2S. The van der Waals surface area contributed by atoms with Crippen LogP contribution in [0.15, 0.2) is 0 Å². The van der Waals surface area contributed by atoms with E-state index in [1.807, 2.05) is 11.8 Å². The van der Waals surface area contributed by atoms with Gasteiger partial charge in [0, 0.05) is 18.3 Å². The first-order chi connectivity index (χ1) is 7.29. The highest BCUT2D eigenvalue weighted by molar-refractivity contribution is 7.99. The van der Waals surface area contributed by atoms with Crippen molar-refractivity contribution in [2.45, 2.75) is 38.6 Å². The molecule has 1 saturated carbocycles. The van der Waals surface area contributed by atoms with Crippen LogP contribution in [0.5, 0.6) is 0 Å². The Morgan fingerprint density at radius 1 is 1.33 bits per heavy atom. The standard InChI is InChI=1S/C12H26N2S/c1-3-15-9-8-14(2)12-7-5-4-6-11(12)10-13/h11-12H,3-10,13H2,1-2H3. The van der Waals surface area contributed by atoms with E-state index in [2.05, 4.69) is 18.9 Å². The van der Waals surface area contributed by atoms with E-state index in [0.29, 0.717) is 0 Å². The summed E-state index contributed by atoms with van der Waals surface area (Å²) in [7, 11) is 2.27. The predicted molar refractivity (Wildman–Crippen MR) is 70.4 cm³/mol. The van der Waals surface area contributed by atoms with Gasteiger partial charge in [0.05, 0.1) is 0 Å². The summed E-state index contributed by atoms with van der Waals surface area (Å²) in [6.07, 6.45) is 5.48. The molecule has 2 nitrogen and oxygen atoms in total. The normalized spacial score (nSPS) is 27.2. The maximum absolute atomic E-state index is 5.85. The van der Waals surface area contributed by atoms with Gasteiger partial charge >= 0.3 is 0 Å². The number of nitrogens with zero attached hydrogens (tertiary/aromatic N) is 1. The lowest BCUT2D eigenvalue weighted by Gasteiger charge is -2.37. The second-order valence-electron chi connectivity index (χ2n) is 4.53. The van der Waals surface area contributed by atoms with Crippen LogP contribution in [-0.2, 0) is 0 Å². The molecule has 2 atom stereocenters. The van der Waals surface area contributed by atoms with Gasteiger partial charge < -0.3 is 10.6 Å². The fourth-order valence-electron chi connectivity index (χ4n) is 2.56. The average molecular weight is 230 g/mol. The molecule has 0 aromatic rings. The number of nitrogens with two attached hydrogens (primary N) is 1. The molecule has 2 unspecified atom stereocenters. The van der Waals surface area contributed by atoms with Crippen molar-refractivity contribution in [3.05, 3.63) is 0 Å². The van der Waals surface area contributed by atoms with E-state index in [4.69, 9.17) is 5.73 Å². The largest absolute Gasteiger partial charge is 0.330 e. The lowest BCUT2D eigenvalue weighted by molar-refractivity contribution is 0.140. The SMILES string of the molecule is CCSCCN(C)C1CCCCC1CN. The van der Waals surface area contributed by atoms with Gasteiger partial charge in [0.15, 0.2) is 0 Å². The number of hydrogen-bond acceptors (Lipinski definition) is 3. The fraction of sp³-hybridized carbons (Fsp3) is 1.00. The van der Waals surface area contributed by atoms with Crippen molar-refractivity contribution in [3.63, 3.8) is 0 Å². The minimum atomic E-state index is 0.746. The number of thioether (sulfide) groups is 1. The minimum absolute atomic E-state index is 0.746. The second-order valence-corrected chi connectivity index (χ2v) is 5.92. The first-order valence-corrected chi connectivity index (χ1v) is 7.43. The van der Waals surface area contributed by atoms with Crippen molar-refractivity contribution in [1.29, 1.82) is 0 Å². The summed E-state index contributed by atoms with van der Waals surface area (Å²) in [5, 5.41) is 0. The van der Waals surface area contributed by atoms with Gasteiger partial charge in [-0.15, -0.1) is 0 Å². The molecule has 0 saturated heterocycles. The first-order valence-electron chi connectivity index (χ1n) is 6.27. The zero-order chi connectivity index (χ0) is 11.1. The molecule has 1 aliphatic rings. The Labute approximate surface area is 99.0 Å². The zero-order valence-electron chi connectivity index (χ0n) is 10.2. The fourth-order valence-corrected chi connectivity index (χ4v) is 3.27. The summed E-state index contributed by atoms with van der Waals surface area (Å²) < 4.78 is 0. The molecule has 0 spiro atoms. The van der Waals surface area contributed by atoms with E-state index < -0.39 is 0 Å². The third kappa shape index (κ3) is 4.33. The number of hydrogen-bond donors (Lipinski definition) is 1. The maximum atomic E-state index is 5.85. The molecule has 15 heavy (non-hydrogen) atoms. The van der Waals surface area contributed by atoms with Crippen molar-refractivity contribution in [3.8, 4) is 0 Å². The third-order valence-electron chi connectivity index (χ3n) is 3.53. The average Bonchev–Trinajstić information content (AvgIpc) is 2.29. The molecule has 0 aliphatic heterocycles.